The van der Waals surface area contributed by atoms with E-state index in [1.54, 1.807) is 0 Å². The molecule has 3 aromatic rings. The van der Waals surface area contributed by atoms with Crippen LogP contribution in [0.1, 0.15) is 60.0 Å². The summed E-state index contributed by atoms with van der Waals surface area (Å²) in [5.74, 6) is 1.34. The highest BCUT2D eigenvalue weighted by atomic mass is 16.5. The highest BCUT2D eigenvalue weighted by molar-refractivity contribution is 6.05. The number of morpholine rings is 1. The van der Waals surface area contributed by atoms with Gasteiger partial charge in [0, 0.05) is 32.0 Å². The van der Waals surface area contributed by atoms with Gasteiger partial charge in [0.15, 0.2) is 0 Å². The Kier molecular flexibility index (Phi) is 6.32. The van der Waals surface area contributed by atoms with Gasteiger partial charge in [-0.05, 0) is 67.2 Å². The lowest BCUT2D eigenvalue weighted by Crippen LogP contribution is -2.40. The predicted molar refractivity (Wildman–Crippen MR) is 132 cm³/mol. The number of aromatic nitrogens is 2. The molecule has 33 heavy (non-hydrogen) atoms. The fourth-order valence-corrected chi connectivity index (χ4v) is 5.33. The van der Waals surface area contributed by atoms with Crippen molar-refractivity contribution in [2.45, 2.75) is 45.1 Å². The molecule has 1 amide bonds. The standard InChI is InChI=1S/C28H33N3O2/c1-20(2)24-16-26-27(29-17-24)25(28(32)30-12-14-33-15-13-30)19-31(26)18-21-8-10-23(11-9-21)22-6-4-3-5-7-22/h3-7,16-17,19,21,23H,1,8-15,18H2,2H3. The summed E-state index contributed by atoms with van der Waals surface area (Å²) in [7, 11) is 0. The van der Waals surface area contributed by atoms with Gasteiger partial charge in [0.1, 0.15) is 5.52 Å². The molecule has 1 aromatic carbocycles. The molecule has 0 radical (unpaired) electrons. The third kappa shape index (κ3) is 4.60. The van der Waals surface area contributed by atoms with E-state index in [0.717, 1.165) is 28.7 Å². The summed E-state index contributed by atoms with van der Waals surface area (Å²) in [6.45, 7) is 9.49. The number of fused-ring (bicyclic) bond motifs is 1. The van der Waals surface area contributed by atoms with E-state index in [9.17, 15) is 4.79 Å². The van der Waals surface area contributed by atoms with Crippen molar-refractivity contribution in [1.82, 2.24) is 14.5 Å². The first-order valence-electron chi connectivity index (χ1n) is 12.2. The van der Waals surface area contributed by atoms with Crippen LogP contribution in [0.5, 0.6) is 0 Å². The second kappa shape index (κ2) is 9.52. The minimum Gasteiger partial charge on any atom is -0.378 e. The lowest BCUT2D eigenvalue weighted by molar-refractivity contribution is 0.0304. The minimum absolute atomic E-state index is 0.0606. The summed E-state index contributed by atoms with van der Waals surface area (Å²) in [6, 6.07) is 13.1. The van der Waals surface area contributed by atoms with Crippen LogP contribution in [0.3, 0.4) is 0 Å². The lowest BCUT2D eigenvalue weighted by Gasteiger charge is -2.29. The molecule has 0 atom stereocenters. The Hall–Kier alpha value is -2.92. The zero-order valence-corrected chi connectivity index (χ0v) is 19.5. The maximum atomic E-state index is 13.3. The van der Waals surface area contributed by atoms with Crippen LogP contribution in [0, 0.1) is 5.92 Å². The number of nitrogens with zero attached hydrogens (tertiary/aromatic N) is 3. The first-order valence-corrected chi connectivity index (χ1v) is 12.2. The molecule has 0 N–H and O–H groups in total. The van der Waals surface area contributed by atoms with Crippen LogP contribution in [0.25, 0.3) is 16.6 Å². The van der Waals surface area contributed by atoms with Gasteiger partial charge >= 0.3 is 0 Å². The van der Waals surface area contributed by atoms with Gasteiger partial charge in [-0.3, -0.25) is 9.78 Å². The van der Waals surface area contributed by atoms with Crippen molar-refractivity contribution in [3.63, 3.8) is 0 Å². The number of amides is 1. The lowest BCUT2D eigenvalue weighted by atomic mass is 9.78. The van der Waals surface area contributed by atoms with Gasteiger partial charge in [0.2, 0.25) is 0 Å². The molecule has 1 aliphatic heterocycles. The molecule has 0 unspecified atom stereocenters. The largest absolute Gasteiger partial charge is 0.378 e. The molecule has 172 valence electrons. The van der Waals surface area contributed by atoms with Crippen LogP contribution in [0.2, 0.25) is 0 Å². The number of ether oxygens (including phenoxy) is 1. The zero-order chi connectivity index (χ0) is 22.8. The molecule has 5 rings (SSSR count). The summed E-state index contributed by atoms with van der Waals surface area (Å²) < 4.78 is 7.71. The summed E-state index contributed by atoms with van der Waals surface area (Å²) >= 11 is 0. The summed E-state index contributed by atoms with van der Waals surface area (Å²) in [6.07, 6.45) is 8.75. The number of hydrogen-bond donors (Lipinski definition) is 0. The van der Waals surface area contributed by atoms with Gasteiger partial charge in [0.25, 0.3) is 5.91 Å². The van der Waals surface area contributed by atoms with Crippen LogP contribution in [-0.4, -0.2) is 46.7 Å². The Balaban J connectivity index is 1.39. The number of carbonyl (C=O) groups excluding carboxylic acids is 1. The monoisotopic (exact) mass is 443 g/mol. The van der Waals surface area contributed by atoms with Gasteiger partial charge in [-0.1, -0.05) is 36.9 Å². The Labute approximate surface area is 196 Å². The van der Waals surface area contributed by atoms with Crippen LogP contribution in [-0.2, 0) is 11.3 Å². The molecule has 3 heterocycles. The van der Waals surface area contributed by atoms with Crippen molar-refractivity contribution < 1.29 is 9.53 Å². The smallest absolute Gasteiger partial charge is 0.257 e. The molecular weight excluding hydrogens is 410 g/mol. The van der Waals surface area contributed by atoms with E-state index in [4.69, 9.17) is 9.72 Å². The molecular formula is C28H33N3O2. The van der Waals surface area contributed by atoms with Crippen molar-refractivity contribution in [3.05, 3.63) is 72.1 Å². The summed E-state index contributed by atoms with van der Waals surface area (Å²) in [5.41, 5.74) is 6.03. The van der Waals surface area contributed by atoms with Gasteiger partial charge in [0.05, 0.1) is 24.3 Å². The quantitative estimate of drug-likeness (QED) is 0.522. The zero-order valence-electron chi connectivity index (χ0n) is 19.5. The number of allylic oxidation sites excluding steroid dienone is 1. The number of benzene rings is 1. The fourth-order valence-electron chi connectivity index (χ4n) is 5.33. The maximum absolute atomic E-state index is 13.3. The fraction of sp³-hybridized carbons (Fsp3) is 0.429. The van der Waals surface area contributed by atoms with E-state index >= 15 is 0 Å². The molecule has 1 aliphatic carbocycles. The van der Waals surface area contributed by atoms with E-state index in [-0.39, 0.29) is 5.91 Å². The molecule has 2 fully saturated rings. The van der Waals surface area contributed by atoms with Crippen molar-refractivity contribution in [2.75, 3.05) is 26.3 Å². The van der Waals surface area contributed by atoms with Gasteiger partial charge < -0.3 is 14.2 Å². The Morgan fingerprint density at radius 1 is 1.12 bits per heavy atom. The molecule has 5 heteroatoms. The van der Waals surface area contributed by atoms with Crippen molar-refractivity contribution in [3.8, 4) is 0 Å². The second-order valence-electron chi connectivity index (χ2n) is 9.60. The maximum Gasteiger partial charge on any atom is 0.257 e. The second-order valence-corrected chi connectivity index (χ2v) is 9.60. The average molecular weight is 444 g/mol. The van der Waals surface area contributed by atoms with Gasteiger partial charge in [-0.25, -0.2) is 0 Å². The third-order valence-corrected chi connectivity index (χ3v) is 7.31. The van der Waals surface area contributed by atoms with Gasteiger partial charge in [-0.15, -0.1) is 0 Å². The topological polar surface area (TPSA) is 47.4 Å². The number of pyridine rings is 1. The van der Waals surface area contributed by atoms with Crippen molar-refractivity contribution in [1.29, 1.82) is 0 Å². The van der Waals surface area contributed by atoms with E-state index in [0.29, 0.717) is 43.7 Å². The SMILES string of the molecule is C=C(C)c1cnc2c(C(=O)N3CCOCC3)cn(CC3CCC(c4ccccc4)CC3)c2c1. The average Bonchev–Trinajstić information content (AvgIpc) is 3.22. The molecule has 1 saturated carbocycles. The minimum atomic E-state index is 0.0606. The molecule has 1 saturated heterocycles. The Morgan fingerprint density at radius 3 is 2.55 bits per heavy atom. The highest BCUT2D eigenvalue weighted by Gasteiger charge is 2.26. The first kappa shape index (κ1) is 21.9. The Morgan fingerprint density at radius 2 is 1.85 bits per heavy atom. The van der Waals surface area contributed by atoms with Crippen molar-refractivity contribution >= 4 is 22.5 Å². The number of hydrogen-bond acceptors (Lipinski definition) is 3. The third-order valence-electron chi connectivity index (χ3n) is 7.31. The van der Waals surface area contributed by atoms with Crippen LogP contribution in [0.15, 0.2) is 55.4 Å². The molecule has 0 bridgehead atoms. The number of rotatable bonds is 5. The Bertz CT molecular complexity index is 1140. The normalized spacial score (nSPS) is 21.3. The van der Waals surface area contributed by atoms with E-state index < -0.39 is 0 Å². The van der Waals surface area contributed by atoms with Crippen LogP contribution in [0.4, 0.5) is 0 Å². The molecule has 0 spiro atoms. The van der Waals surface area contributed by atoms with E-state index in [1.807, 2.05) is 24.2 Å². The van der Waals surface area contributed by atoms with Gasteiger partial charge in [-0.2, -0.15) is 0 Å². The summed E-state index contributed by atoms with van der Waals surface area (Å²) in [5, 5.41) is 0. The van der Waals surface area contributed by atoms with Crippen molar-refractivity contribution in [2.24, 2.45) is 5.92 Å². The van der Waals surface area contributed by atoms with Crippen LogP contribution < -0.4 is 0 Å². The first-order chi connectivity index (χ1) is 16.1. The molecule has 5 nitrogen and oxygen atoms in total. The molecule has 2 aliphatic rings. The predicted octanol–water partition coefficient (Wildman–Crippen LogP) is 5.52. The van der Waals surface area contributed by atoms with E-state index in [2.05, 4.69) is 47.5 Å². The summed E-state index contributed by atoms with van der Waals surface area (Å²) in [4.78, 5) is 20.0. The highest BCUT2D eigenvalue weighted by Crippen LogP contribution is 2.37. The molecule has 2 aromatic heterocycles. The van der Waals surface area contributed by atoms with E-state index in [1.165, 1.54) is 31.2 Å². The number of carbonyl (C=O) groups is 1. The van der Waals surface area contributed by atoms with Crippen LogP contribution >= 0.6 is 0 Å².